The molecule has 0 amide bonds. The number of hydrogen-bond acceptors (Lipinski definition) is 10. The molecule has 0 spiro atoms. The summed E-state index contributed by atoms with van der Waals surface area (Å²) in [6.07, 6.45) is 5.58. The quantitative estimate of drug-likeness (QED) is 0.301. The maximum absolute atomic E-state index is 2.66. The van der Waals surface area contributed by atoms with Gasteiger partial charge in [0.05, 0.1) is 0 Å². The van der Waals surface area contributed by atoms with Crippen molar-refractivity contribution in [3.8, 4) is 0 Å². The van der Waals surface area contributed by atoms with Crippen molar-refractivity contribution in [2.24, 2.45) is 23.7 Å². The molecule has 0 N–H and O–H groups in total. The first-order chi connectivity index (χ1) is 28.7. The van der Waals surface area contributed by atoms with Crippen molar-refractivity contribution in [1.82, 2.24) is 49.0 Å². The van der Waals surface area contributed by atoms with Crippen molar-refractivity contribution in [2.45, 2.75) is 163 Å². The van der Waals surface area contributed by atoms with E-state index in [4.69, 9.17) is 0 Å². The van der Waals surface area contributed by atoms with Crippen LogP contribution >= 0.6 is 0 Å². The molecule has 7 saturated heterocycles. The van der Waals surface area contributed by atoms with E-state index in [-0.39, 0.29) is 0 Å². The standard InChI is InChI=1S/C12H24N2.C11H22N2.C11H24N2.2C9H20N2/c1-12(2,3)14-8-10-6-5-7-13(4)11(10)9-14;1-11(2,3)13-7-9-5-6-12(4)10(9)8-13;1-9(2)13-6-10(3)11(8-13)7-12(4)5;1-9(2,3)11-7-5-10(4)6-8-11;1-9(2)11-6-4-5-10(3)7-8-11/h10-11H,5-9H2,1-4H3;9-10H,5-8H2,1-4H3;9-11H,6-8H2,1-5H3;5-8H2,1-4H3;9H,4-8H2,1-3H3. The van der Waals surface area contributed by atoms with Crippen molar-refractivity contribution < 1.29 is 0 Å². The van der Waals surface area contributed by atoms with Gasteiger partial charge in [-0.3, -0.25) is 19.6 Å². The zero-order valence-corrected chi connectivity index (χ0v) is 45.4. The summed E-state index contributed by atoms with van der Waals surface area (Å²) >= 11 is 0. The number of nitrogens with zero attached hydrogens (tertiary/aromatic N) is 10. The van der Waals surface area contributed by atoms with E-state index in [1.165, 1.54) is 137 Å². The molecule has 0 aromatic heterocycles. The fourth-order valence-corrected chi connectivity index (χ4v) is 10.9. The Labute approximate surface area is 388 Å². The first-order valence-electron chi connectivity index (χ1n) is 25.8. The molecule has 0 aromatic rings. The molecule has 0 aromatic carbocycles. The summed E-state index contributed by atoms with van der Waals surface area (Å²) in [6.45, 7) is 54.0. The third kappa shape index (κ3) is 18.4. The molecule has 0 radical (unpaired) electrons. The highest BCUT2D eigenvalue weighted by molar-refractivity contribution is 4.99. The van der Waals surface area contributed by atoms with Crippen LogP contribution in [0.5, 0.6) is 0 Å². The number of rotatable bonds is 4. The van der Waals surface area contributed by atoms with E-state index in [2.05, 4.69) is 188 Å². The molecule has 6 unspecified atom stereocenters. The largest absolute Gasteiger partial charge is 0.309 e. The van der Waals surface area contributed by atoms with Crippen LogP contribution < -0.4 is 0 Å². The van der Waals surface area contributed by atoms with Crippen LogP contribution in [-0.2, 0) is 0 Å². The van der Waals surface area contributed by atoms with E-state index in [0.29, 0.717) is 16.6 Å². The third-order valence-corrected chi connectivity index (χ3v) is 15.8. The van der Waals surface area contributed by atoms with Crippen LogP contribution in [0.25, 0.3) is 0 Å². The predicted molar refractivity (Wildman–Crippen MR) is 272 cm³/mol. The van der Waals surface area contributed by atoms with Gasteiger partial charge >= 0.3 is 0 Å². The van der Waals surface area contributed by atoms with Gasteiger partial charge in [-0.25, -0.2) is 0 Å². The molecule has 0 bridgehead atoms. The topological polar surface area (TPSA) is 32.4 Å². The van der Waals surface area contributed by atoms with Gasteiger partial charge in [0.25, 0.3) is 0 Å². The van der Waals surface area contributed by atoms with E-state index in [1.54, 1.807) is 0 Å². The zero-order valence-electron chi connectivity index (χ0n) is 45.4. The zero-order chi connectivity index (χ0) is 46.7. The fourth-order valence-electron chi connectivity index (χ4n) is 10.9. The summed E-state index contributed by atoms with van der Waals surface area (Å²) in [4.78, 5) is 25.2. The molecular weight excluding hydrogens is 765 g/mol. The lowest BCUT2D eigenvalue weighted by molar-refractivity contribution is 0.0735. The smallest absolute Gasteiger partial charge is 0.0261 e. The second-order valence-electron chi connectivity index (χ2n) is 25.0. The first kappa shape index (κ1) is 55.9. The Hall–Kier alpha value is -0.400. The number of likely N-dealkylation sites (tertiary alicyclic amines) is 5. The Morgan fingerprint density at radius 2 is 0.935 bits per heavy atom. The minimum absolute atomic E-state index is 0.359. The van der Waals surface area contributed by atoms with Gasteiger partial charge in [-0.1, -0.05) is 6.92 Å². The fraction of sp³-hybridized carbons (Fsp3) is 1.00. The highest BCUT2D eigenvalue weighted by Gasteiger charge is 2.43. The van der Waals surface area contributed by atoms with Gasteiger partial charge in [0.1, 0.15) is 0 Å². The lowest BCUT2D eigenvalue weighted by Crippen LogP contribution is -2.52. The number of hydrogen-bond donors (Lipinski definition) is 0. The van der Waals surface area contributed by atoms with Crippen LogP contribution in [0.2, 0.25) is 0 Å². The van der Waals surface area contributed by atoms with Crippen LogP contribution in [0.15, 0.2) is 0 Å². The maximum Gasteiger partial charge on any atom is 0.0261 e. The van der Waals surface area contributed by atoms with E-state index >= 15 is 0 Å². The Morgan fingerprint density at radius 1 is 0.468 bits per heavy atom. The van der Waals surface area contributed by atoms with E-state index in [1.807, 2.05) is 0 Å². The number of piperidine rings is 1. The average molecular weight is 876 g/mol. The molecule has 10 heteroatoms. The molecule has 7 fully saturated rings. The SMILES string of the molecule is CC(C)N1CCCN(C)CC1.CC1CN(C(C)C)CC1CN(C)C.CN1CCC2CN(C(C)(C)C)CC21.CN1CCCC2CN(C(C)(C)C)CC21.CN1CCN(C(C)(C)C)CC1. The Bertz CT molecular complexity index is 1210. The predicted octanol–water partition coefficient (Wildman–Crippen LogP) is 6.82. The highest BCUT2D eigenvalue weighted by atomic mass is 15.3. The van der Waals surface area contributed by atoms with Gasteiger partial charge in [-0.05, 0) is 208 Å². The van der Waals surface area contributed by atoms with Gasteiger partial charge in [0, 0.05) is 126 Å². The van der Waals surface area contributed by atoms with Crippen LogP contribution in [0.1, 0.15) is 123 Å². The van der Waals surface area contributed by atoms with Crippen molar-refractivity contribution in [3.63, 3.8) is 0 Å². The molecule has 7 rings (SSSR count). The summed E-state index contributed by atoms with van der Waals surface area (Å²) in [5.41, 5.74) is 1.09. The van der Waals surface area contributed by atoms with E-state index < -0.39 is 0 Å². The maximum atomic E-state index is 2.66. The van der Waals surface area contributed by atoms with Crippen LogP contribution in [0, 0.1) is 23.7 Å². The molecule has 7 heterocycles. The van der Waals surface area contributed by atoms with Gasteiger partial charge in [-0.2, -0.15) is 0 Å². The molecule has 0 saturated carbocycles. The summed E-state index contributed by atoms with van der Waals surface area (Å²) in [6, 6.07) is 3.12. The molecule has 0 aliphatic carbocycles. The number of likely N-dealkylation sites (N-methyl/N-ethyl adjacent to an activating group) is 4. The van der Waals surface area contributed by atoms with Crippen LogP contribution in [0.4, 0.5) is 0 Å². The van der Waals surface area contributed by atoms with E-state index in [0.717, 1.165) is 47.8 Å². The number of fused-ring (bicyclic) bond motifs is 2. The van der Waals surface area contributed by atoms with Crippen molar-refractivity contribution in [1.29, 1.82) is 0 Å². The van der Waals surface area contributed by atoms with Crippen LogP contribution in [-0.4, -0.2) is 243 Å². The van der Waals surface area contributed by atoms with E-state index in [9.17, 15) is 0 Å². The lowest BCUT2D eigenvalue weighted by Gasteiger charge is -2.41. The van der Waals surface area contributed by atoms with Crippen molar-refractivity contribution in [2.75, 3.05) is 154 Å². The second kappa shape index (κ2) is 25.1. The first-order valence-corrected chi connectivity index (χ1v) is 25.8. The molecule has 6 atom stereocenters. The summed E-state index contributed by atoms with van der Waals surface area (Å²) in [5.74, 6) is 3.62. The van der Waals surface area contributed by atoms with Gasteiger partial charge in [0.2, 0.25) is 0 Å². The van der Waals surface area contributed by atoms with Gasteiger partial charge < -0.3 is 29.4 Å². The minimum Gasteiger partial charge on any atom is -0.309 e. The molecular formula is C52H110N10. The normalized spacial score (nSPS) is 30.8. The highest BCUT2D eigenvalue weighted by Crippen LogP contribution is 2.34. The molecule has 62 heavy (non-hydrogen) atoms. The summed E-state index contributed by atoms with van der Waals surface area (Å²) < 4.78 is 0. The Kier molecular flexibility index (Phi) is 22.6. The summed E-state index contributed by atoms with van der Waals surface area (Å²) in [7, 11) is 13.3. The molecule has 10 nitrogen and oxygen atoms in total. The van der Waals surface area contributed by atoms with Crippen LogP contribution in [0.3, 0.4) is 0 Å². The Morgan fingerprint density at radius 3 is 1.39 bits per heavy atom. The van der Waals surface area contributed by atoms with Gasteiger partial charge in [-0.15, -0.1) is 0 Å². The average Bonchev–Trinajstić information content (AvgIpc) is 3.93. The van der Waals surface area contributed by atoms with Gasteiger partial charge in [0.15, 0.2) is 0 Å². The minimum atomic E-state index is 0.359. The number of piperazine rings is 1. The summed E-state index contributed by atoms with van der Waals surface area (Å²) in [5, 5.41) is 0. The molecule has 7 aliphatic heterocycles. The lowest BCUT2D eigenvalue weighted by atomic mass is 9.93. The van der Waals surface area contributed by atoms with Crippen molar-refractivity contribution in [3.05, 3.63) is 0 Å². The monoisotopic (exact) mass is 875 g/mol. The Balaban J connectivity index is 0.000000207. The second-order valence-corrected chi connectivity index (χ2v) is 25.0. The third-order valence-electron chi connectivity index (χ3n) is 15.8. The van der Waals surface area contributed by atoms with Crippen molar-refractivity contribution >= 4 is 0 Å². The molecule has 7 aliphatic rings. The molecule has 368 valence electrons.